The number of carbonyl (C=O) groups excluding carboxylic acids is 1. The molecule has 0 aliphatic heterocycles. The predicted molar refractivity (Wildman–Crippen MR) is 50.3 cm³/mol. The Bertz CT molecular complexity index is 342. The van der Waals surface area contributed by atoms with Crippen LogP contribution in [0.15, 0.2) is 30.9 Å². The lowest BCUT2D eigenvalue weighted by Gasteiger charge is -2.00. The van der Waals surface area contributed by atoms with Crippen molar-refractivity contribution in [2.45, 2.75) is 13.3 Å². The average Bonchev–Trinajstić information content (AvgIpc) is 2.10. The van der Waals surface area contributed by atoms with Crippen molar-refractivity contribution in [3.05, 3.63) is 47.8 Å². The van der Waals surface area contributed by atoms with Gasteiger partial charge in [-0.3, -0.25) is 4.79 Å². The van der Waals surface area contributed by atoms with Crippen LogP contribution in [0.1, 0.15) is 22.3 Å². The van der Waals surface area contributed by atoms with E-state index in [1.165, 1.54) is 12.1 Å². The summed E-state index contributed by atoms with van der Waals surface area (Å²) < 4.78 is 12.8. The van der Waals surface area contributed by atoms with E-state index >= 15 is 0 Å². The maximum absolute atomic E-state index is 12.8. The fourth-order valence-electron chi connectivity index (χ4n) is 1.07. The largest absolute Gasteiger partial charge is 0.294 e. The maximum Gasteiger partial charge on any atom is 0.166 e. The van der Waals surface area contributed by atoms with Crippen LogP contribution in [0.2, 0.25) is 0 Å². The van der Waals surface area contributed by atoms with Crippen molar-refractivity contribution in [3.8, 4) is 0 Å². The second-order valence-corrected chi connectivity index (χ2v) is 2.88. The van der Waals surface area contributed by atoms with Gasteiger partial charge in [0.1, 0.15) is 5.82 Å². The van der Waals surface area contributed by atoms with Crippen LogP contribution < -0.4 is 0 Å². The summed E-state index contributed by atoms with van der Waals surface area (Å²) in [4.78, 5) is 11.3. The minimum atomic E-state index is -0.282. The fourth-order valence-corrected chi connectivity index (χ4v) is 1.07. The number of halogens is 1. The number of Topliss-reactive ketones (excluding diaryl/α,β-unsaturated/α-hetero) is 1. The van der Waals surface area contributed by atoms with E-state index in [0.29, 0.717) is 17.5 Å². The minimum absolute atomic E-state index is 0.0295. The highest BCUT2D eigenvalue weighted by atomic mass is 19.1. The van der Waals surface area contributed by atoms with Crippen LogP contribution in [0.25, 0.3) is 0 Å². The van der Waals surface area contributed by atoms with Crippen molar-refractivity contribution >= 4 is 5.78 Å². The highest BCUT2D eigenvalue weighted by Gasteiger charge is 2.05. The van der Waals surface area contributed by atoms with E-state index in [9.17, 15) is 9.18 Å². The monoisotopic (exact) mass is 178 g/mol. The van der Waals surface area contributed by atoms with Crippen LogP contribution >= 0.6 is 0 Å². The second kappa shape index (κ2) is 3.99. The molecule has 2 heteroatoms. The number of ketones is 1. The summed E-state index contributed by atoms with van der Waals surface area (Å²) in [7, 11) is 0. The van der Waals surface area contributed by atoms with Gasteiger partial charge in [0, 0.05) is 12.0 Å². The van der Waals surface area contributed by atoms with Gasteiger partial charge in [0.15, 0.2) is 5.78 Å². The predicted octanol–water partition coefficient (Wildman–Crippen LogP) is 2.89. The molecule has 68 valence electrons. The average molecular weight is 178 g/mol. The first-order valence-electron chi connectivity index (χ1n) is 4.05. The Kier molecular flexibility index (Phi) is 2.96. The van der Waals surface area contributed by atoms with E-state index in [4.69, 9.17) is 0 Å². The van der Waals surface area contributed by atoms with Gasteiger partial charge in [-0.2, -0.15) is 0 Å². The van der Waals surface area contributed by atoms with Gasteiger partial charge in [-0.1, -0.05) is 6.08 Å². The number of allylic oxidation sites excluding steroid dienone is 1. The van der Waals surface area contributed by atoms with Gasteiger partial charge in [0.05, 0.1) is 0 Å². The number of hydrogen-bond donors (Lipinski definition) is 0. The smallest absolute Gasteiger partial charge is 0.166 e. The molecule has 0 heterocycles. The highest BCUT2D eigenvalue weighted by Crippen LogP contribution is 2.10. The number of benzene rings is 1. The first-order valence-corrected chi connectivity index (χ1v) is 4.05. The van der Waals surface area contributed by atoms with Gasteiger partial charge in [0.2, 0.25) is 0 Å². The zero-order valence-corrected chi connectivity index (χ0v) is 7.51. The van der Waals surface area contributed by atoms with E-state index in [-0.39, 0.29) is 11.6 Å². The van der Waals surface area contributed by atoms with E-state index in [1.54, 1.807) is 19.1 Å². The van der Waals surface area contributed by atoms with Gasteiger partial charge in [-0.05, 0) is 30.7 Å². The summed E-state index contributed by atoms with van der Waals surface area (Å²) in [5.74, 6) is -0.312. The van der Waals surface area contributed by atoms with Gasteiger partial charge in [-0.15, -0.1) is 6.58 Å². The summed E-state index contributed by atoms with van der Waals surface area (Å²) in [6.07, 6.45) is 1.84. The lowest BCUT2D eigenvalue weighted by molar-refractivity contribution is 0.0996. The van der Waals surface area contributed by atoms with Gasteiger partial charge >= 0.3 is 0 Å². The number of aryl methyl sites for hydroxylation is 1. The molecule has 1 rings (SSSR count). The van der Waals surface area contributed by atoms with E-state index in [0.717, 1.165) is 0 Å². The van der Waals surface area contributed by atoms with Gasteiger partial charge in [0.25, 0.3) is 0 Å². The Morgan fingerprint density at radius 1 is 1.62 bits per heavy atom. The molecule has 0 N–H and O–H groups in total. The number of rotatable bonds is 3. The zero-order valence-electron chi connectivity index (χ0n) is 7.51. The quantitative estimate of drug-likeness (QED) is 0.513. The third-order valence-electron chi connectivity index (χ3n) is 1.81. The molecule has 0 fully saturated rings. The van der Waals surface area contributed by atoms with Crippen molar-refractivity contribution in [1.82, 2.24) is 0 Å². The van der Waals surface area contributed by atoms with Crippen molar-refractivity contribution in [3.63, 3.8) is 0 Å². The molecule has 1 nitrogen and oxygen atoms in total. The van der Waals surface area contributed by atoms with E-state index in [2.05, 4.69) is 6.58 Å². The molecule has 1 aromatic rings. The van der Waals surface area contributed by atoms with Gasteiger partial charge in [-0.25, -0.2) is 4.39 Å². The SMILES string of the molecule is C=CCC(=O)c1ccc(F)c(C)c1. The van der Waals surface area contributed by atoms with E-state index < -0.39 is 0 Å². The highest BCUT2D eigenvalue weighted by molar-refractivity contribution is 5.97. The topological polar surface area (TPSA) is 17.1 Å². The lowest BCUT2D eigenvalue weighted by atomic mass is 10.1. The Morgan fingerprint density at radius 3 is 2.85 bits per heavy atom. The molecule has 0 radical (unpaired) electrons. The van der Waals surface area contributed by atoms with Crippen molar-refractivity contribution in [2.24, 2.45) is 0 Å². The number of hydrogen-bond acceptors (Lipinski definition) is 1. The molecule has 0 saturated heterocycles. The molecule has 0 unspecified atom stereocenters. The first kappa shape index (κ1) is 9.65. The van der Waals surface area contributed by atoms with Crippen LogP contribution in [0.4, 0.5) is 4.39 Å². The molecule has 0 atom stereocenters. The molecule has 0 aliphatic carbocycles. The standard InChI is InChI=1S/C11H11FO/c1-3-4-11(13)9-5-6-10(12)8(2)7-9/h3,5-7H,1,4H2,2H3. The third-order valence-corrected chi connectivity index (χ3v) is 1.81. The molecule has 1 aromatic carbocycles. The number of carbonyl (C=O) groups is 1. The Labute approximate surface area is 76.9 Å². The summed E-state index contributed by atoms with van der Waals surface area (Å²) in [6, 6.07) is 4.36. The summed E-state index contributed by atoms with van der Waals surface area (Å²) in [6.45, 7) is 5.11. The van der Waals surface area contributed by atoms with Crippen LogP contribution in [0.3, 0.4) is 0 Å². The molecule has 0 bridgehead atoms. The molecule has 0 amide bonds. The minimum Gasteiger partial charge on any atom is -0.294 e. The summed E-state index contributed by atoms with van der Waals surface area (Å²) in [5.41, 5.74) is 1.04. The Balaban J connectivity index is 2.96. The van der Waals surface area contributed by atoms with Crippen LogP contribution in [-0.2, 0) is 0 Å². The fraction of sp³-hybridized carbons (Fsp3) is 0.182. The molecule has 0 spiro atoms. The summed E-state index contributed by atoms with van der Waals surface area (Å²) >= 11 is 0. The summed E-state index contributed by atoms with van der Waals surface area (Å²) in [5, 5.41) is 0. The molecule has 0 aliphatic rings. The maximum atomic E-state index is 12.8. The van der Waals surface area contributed by atoms with Crippen LogP contribution in [-0.4, -0.2) is 5.78 Å². The van der Waals surface area contributed by atoms with E-state index in [1.807, 2.05) is 0 Å². The normalized spacial score (nSPS) is 9.69. The lowest BCUT2D eigenvalue weighted by Crippen LogP contribution is -1.98. The molecule has 0 aromatic heterocycles. The Morgan fingerprint density at radius 2 is 2.31 bits per heavy atom. The van der Waals surface area contributed by atoms with Crippen LogP contribution in [0.5, 0.6) is 0 Å². The van der Waals surface area contributed by atoms with Crippen molar-refractivity contribution in [2.75, 3.05) is 0 Å². The third kappa shape index (κ3) is 2.25. The van der Waals surface area contributed by atoms with Gasteiger partial charge < -0.3 is 0 Å². The van der Waals surface area contributed by atoms with Crippen LogP contribution in [0, 0.1) is 12.7 Å². The van der Waals surface area contributed by atoms with Crippen molar-refractivity contribution < 1.29 is 9.18 Å². The first-order chi connectivity index (χ1) is 6.15. The van der Waals surface area contributed by atoms with Crippen molar-refractivity contribution in [1.29, 1.82) is 0 Å². The second-order valence-electron chi connectivity index (χ2n) is 2.88. The zero-order chi connectivity index (χ0) is 9.84. The molecular formula is C11H11FO. The molecule has 13 heavy (non-hydrogen) atoms. The molecule has 0 saturated carbocycles. The Hall–Kier alpha value is -1.44. The molecular weight excluding hydrogens is 167 g/mol.